The maximum absolute atomic E-state index is 10.3. The minimum Gasteiger partial charge on any atom is -0.504 e. The highest BCUT2D eigenvalue weighted by Gasteiger charge is 2.59. The fraction of sp³-hybridized carbons (Fsp3) is 0.862. The molecule has 176 valence electrons. The lowest BCUT2D eigenvalue weighted by Gasteiger charge is -2.58. The maximum Gasteiger partial charge on any atom is 0.0819 e. The van der Waals surface area contributed by atoms with Crippen molar-refractivity contribution >= 4 is 0 Å². The standard InChI is InChI=1S/C29H48O2/c1-19(2)21(18-31-6)8-7-20(3)25-11-12-26-24-10-9-22-17-23(30)13-15-28(22,4)27(24)14-16-29(25,26)5/h9,18-20,23-27,30H,7-8,10-17H2,1-6H3/b21-18-/t20-,23+,24+,25-,26+,27+,28+,29-/m1/s1. The fourth-order valence-corrected chi connectivity index (χ4v) is 8.85. The van der Waals surface area contributed by atoms with E-state index < -0.39 is 0 Å². The molecule has 31 heavy (non-hydrogen) atoms. The summed E-state index contributed by atoms with van der Waals surface area (Å²) < 4.78 is 5.36. The highest BCUT2D eigenvalue weighted by Crippen LogP contribution is 2.67. The van der Waals surface area contributed by atoms with E-state index in [9.17, 15) is 5.11 Å². The number of aliphatic hydroxyl groups is 1. The quantitative estimate of drug-likeness (QED) is 0.350. The topological polar surface area (TPSA) is 29.5 Å². The Hall–Kier alpha value is -0.760. The molecule has 8 atom stereocenters. The number of aliphatic hydroxyl groups excluding tert-OH is 1. The third-order valence-electron chi connectivity index (χ3n) is 10.7. The average Bonchev–Trinajstić information content (AvgIpc) is 3.08. The summed E-state index contributed by atoms with van der Waals surface area (Å²) >= 11 is 0. The van der Waals surface area contributed by atoms with Gasteiger partial charge in [0, 0.05) is 0 Å². The second-order valence-electron chi connectivity index (χ2n) is 12.5. The van der Waals surface area contributed by atoms with Gasteiger partial charge in [0.15, 0.2) is 0 Å². The van der Waals surface area contributed by atoms with Crippen molar-refractivity contribution in [1.82, 2.24) is 0 Å². The first kappa shape index (κ1) is 23.4. The van der Waals surface area contributed by atoms with Crippen molar-refractivity contribution in [2.75, 3.05) is 7.11 Å². The molecular formula is C29H48O2. The molecule has 3 fully saturated rings. The Morgan fingerprint density at radius 2 is 1.90 bits per heavy atom. The molecule has 0 aromatic rings. The van der Waals surface area contributed by atoms with Crippen molar-refractivity contribution in [3.63, 3.8) is 0 Å². The minimum absolute atomic E-state index is 0.0932. The molecule has 0 aromatic carbocycles. The lowest BCUT2D eigenvalue weighted by atomic mass is 9.47. The lowest BCUT2D eigenvalue weighted by Crippen LogP contribution is -2.50. The summed E-state index contributed by atoms with van der Waals surface area (Å²) in [4.78, 5) is 0. The molecule has 0 heterocycles. The van der Waals surface area contributed by atoms with Crippen LogP contribution in [0.1, 0.15) is 98.8 Å². The molecule has 0 aliphatic heterocycles. The molecule has 4 aliphatic rings. The van der Waals surface area contributed by atoms with E-state index in [-0.39, 0.29) is 6.10 Å². The largest absolute Gasteiger partial charge is 0.504 e. The normalized spacial score (nSPS) is 43.7. The predicted octanol–water partition coefficient (Wildman–Crippen LogP) is 7.53. The molecule has 0 spiro atoms. The third-order valence-corrected chi connectivity index (χ3v) is 10.7. The minimum atomic E-state index is -0.0932. The van der Waals surface area contributed by atoms with Crippen LogP contribution >= 0.6 is 0 Å². The molecule has 1 N–H and O–H groups in total. The SMILES string of the molecule is CO/C=C(/CC[C@@H](C)[C@H]1CC[C@H]2[C@@H]3CC=C4C[C@@H](O)CC[C@]4(C)[C@H]3CC[C@]12C)C(C)C. The summed E-state index contributed by atoms with van der Waals surface area (Å²) in [6.45, 7) is 12.3. The summed E-state index contributed by atoms with van der Waals surface area (Å²) in [5, 5.41) is 10.3. The molecule has 0 saturated heterocycles. The summed E-state index contributed by atoms with van der Waals surface area (Å²) in [6, 6.07) is 0. The molecule has 4 aliphatic carbocycles. The molecular weight excluding hydrogens is 380 g/mol. The van der Waals surface area contributed by atoms with Gasteiger partial charge < -0.3 is 9.84 Å². The molecule has 4 rings (SSSR count). The van der Waals surface area contributed by atoms with Crippen molar-refractivity contribution in [1.29, 1.82) is 0 Å². The van der Waals surface area contributed by atoms with E-state index in [4.69, 9.17) is 4.74 Å². The fourth-order valence-electron chi connectivity index (χ4n) is 8.85. The highest BCUT2D eigenvalue weighted by atomic mass is 16.5. The van der Waals surface area contributed by atoms with Crippen LogP contribution in [0.2, 0.25) is 0 Å². The summed E-state index contributed by atoms with van der Waals surface area (Å²) in [5.41, 5.74) is 3.96. The molecule has 2 nitrogen and oxygen atoms in total. The van der Waals surface area contributed by atoms with Gasteiger partial charge in [0.1, 0.15) is 0 Å². The number of hydrogen-bond acceptors (Lipinski definition) is 2. The Balaban J connectivity index is 1.47. The Morgan fingerprint density at radius 3 is 2.61 bits per heavy atom. The van der Waals surface area contributed by atoms with Gasteiger partial charge in [0.25, 0.3) is 0 Å². The van der Waals surface area contributed by atoms with Crippen LogP contribution < -0.4 is 0 Å². The van der Waals surface area contributed by atoms with Crippen LogP contribution in [0.25, 0.3) is 0 Å². The number of ether oxygens (including phenoxy) is 1. The Kier molecular flexibility index (Phi) is 6.70. The van der Waals surface area contributed by atoms with E-state index in [1.54, 1.807) is 12.7 Å². The lowest BCUT2D eigenvalue weighted by molar-refractivity contribution is -0.0571. The average molecular weight is 429 g/mol. The van der Waals surface area contributed by atoms with E-state index in [0.29, 0.717) is 16.7 Å². The Bertz CT molecular complexity index is 706. The third kappa shape index (κ3) is 4.04. The summed E-state index contributed by atoms with van der Waals surface area (Å²) in [6.07, 6.45) is 17.1. The highest BCUT2D eigenvalue weighted by molar-refractivity contribution is 5.25. The zero-order chi connectivity index (χ0) is 22.4. The van der Waals surface area contributed by atoms with Crippen molar-refractivity contribution in [3.05, 3.63) is 23.5 Å². The van der Waals surface area contributed by atoms with Crippen molar-refractivity contribution in [2.24, 2.45) is 46.3 Å². The van der Waals surface area contributed by atoms with Gasteiger partial charge in [-0.3, -0.25) is 0 Å². The van der Waals surface area contributed by atoms with E-state index in [0.717, 1.165) is 42.4 Å². The first-order valence-corrected chi connectivity index (χ1v) is 13.3. The molecule has 0 amide bonds. The Morgan fingerprint density at radius 1 is 1.13 bits per heavy atom. The number of fused-ring (bicyclic) bond motifs is 5. The van der Waals surface area contributed by atoms with Gasteiger partial charge in [0.05, 0.1) is 19.5 Å². The Labute approximate surface area is 191 Å². The zero-order valence-electron chi connectivity index (χ0n) is 21.1. The first-order valence-electron chi connectivity index (χ1n) is 13.3. The predicted molar refractivity (Wildman–Crippen MR) is 130 cm³/mol. The number of hydrogen-bond donors (Lipinski definition) is 1. The van der Waals surface area contributed by atoms with Crippen LogP contribution in [0, 0.1) is 46.3 Å². The molecule has 0 bridgehead atoms. The van der Waals surface area contributed by atoms with Crippen LogP contribution in [-0.2, 0) is 4.74 Å². The van der Waals surface area contributed by atoms with Crippen LogP contribution in [0.3, 0.4) is 0 Å². The van der Waals surface area contributed by atoms with Crippen molar-refractivity contribution in [2.45, 2.75) is 105 Å². The number of methoxy groups -OCH3 is 1. The number of rotatable bonds is 6. The maximum atomic E-state index is 10.3. The van der Waals surface area contributed by atoms with Gasteiger partial charge in [0.2, 0.25) is 0 Å². The van der Waals surface area contributed by atoms with Crippen molar-refractivity contribution in [3.8, 4) is 0 Å². The molecule has 2 heteroatoms. The van der Waals surface area contributed by atoms with Gasteiger partial charge in [-0.2, -0.15) is 0 Å². The smallest absolute Gasteiger partial charge is 0.0819 e. The molecule has 0 unspecified atom stereocenters. The zero-order valence-corrected chi connectivity index (χ0v) is 21.1. The first-order chi connectivity index (χ1) is 14.7. The van der Waals surface area contributed by atoms with Gasteiger partial charge in [-0.25, -0.2) is 0 Å². The van der Waals surface area contributed by atoms with Gasteiger partial charge in [-0.1, -0.05) is 46.3 Å². The van der Waals surface area contributed by atoms with Crippen molar-refractivity contribution < 1.29 is 9.84 Å². The second-order valence-corrected chi connectivity index (χ2v) is 12.5. The summed E-state index contributed by atoms with van der Waals surface area (Å²) in [7, 11) is 1.78. The second kappa shape index (κ2) is 8.88. The van der Waals surface area contributed by atoms with Crippen LogP contribution in [-0.4, -0.2) is 18.3 Å². The number of allylic oxidation sites excluding steroid dienone is 2. The monoisotopic (exact) mass is 428 g/mol. The van der Waals surface area contributed by atoms with Gasteiger partial charge >= 0.3 is 0 Å². The molecule has 3 saturated carbocycles. The van der Waals surface area contributed by atoms with Gasteiger partial charge in [-0.05, 0) is 116 Å². The van der Waals surface area contributed by atoms with Crippen LogP contribution in [0.4, 0.5) is 0 Å². The van der Waals surface area contributed by atoms with E-state index in [1.807, 2.05) is 6.26 Å². The molecule has 0 radical (unpaired) electrons. The van der Waals surface area contributed by atoms with Crippen LogP contribution in [0.15, 0.2) is 23.5 Å². The van der Waals surface area contributed by atoms with Gasteiger partial charge in [-0.15, -0.1) is 0 Å². The molecule has 0 aromatic heterocycles. The van der Waals surface area contributed by atoms with E-state index in [2.05, 4.69) is 40.7 Å². The van der Waals surface area contributed by atoms with E-state index in [1.165, 1.54) is 56.9 Å². The van der Waals surface area contributed by atoms with Crippen LogP contribution in [0.5, 0.6) is 0 Å². The summed E-state index contributed by atoms with van der Waals surface area (Å²) in [5.74, 6) is 4.87. The van der Waals surface area contributed by atoms with E-state index >= 15 is 0 Å².